The van der Waals surface area contributed by atoms with Crippen molar-refractivity contribution in [2.75, 3.05) is 39.3 Å². The third-order valence-corrected chi connectivity index (χ3v) is 6.17. The molecule has 0 saturated carbocycles. The third kappa shape index (κ3) is 3.68. The average molecular weight is 289 g/mol. The predicted octanol–water partition coefficient (Wildman–Crippen LogP) is 0.895. The second-order valence-corrected chi connectivity index (χ2v) is 7.86. The summed E-state index contributed by atoms with van der Waals surface area (Å²) < 4.78 is 28.5. The van der Waals surface area contributed by atoms with E-state index in [9.17, 15) is 8.42 Å². The van der Waals surface area contributed by atoms with Crippen molar-refractivity contribution in [3.05, 3.63) is 0 Å². The van der Waals surface area contributed by atoms with E-state index in [0.717, 1.165) is 32.4 Å². The van der Waals surface area contributed by atoms with E-state index in [1.807, 2.05) is 0 Å². The highest BCUT2D eigenvalue weighted by atomic mass is 32.2. The lowest BCUT2D eigenvalue weighted by Gasteiger charge is -2.34. The van der Waals surface area contributed by atoms with E-state index in [0.29, 0.717) is 38.0 Å². The first-order valence-electron chi connectivity index (χ1n) is 7.50. The molecule has 1 N–H and O–H groups in total. The Morgan fingerprint density at radius 3 is 2.53 bits per heavy atom. The molecule has 2 aliphatic rings. The Balaban J connectivity index is 1.96. The van der Waals surface area contributed by atoms with Gasteiger partial charge >= 0.3 is 0 Å². The van der Waals surface area contributed by atoms with Crippen molar-refractivity contribution in [1.82, 2.24) is 13.9 Å². The molecule has 0 aromatic carbocycles. The smallest absolute Gasteiger partial charge is 0.281 e. The fraction of sp³-hybridized carbons (Fsp3) is 1.00. The van der Waals surface area contributed by atoms with Crippen LogP contribution in [0.25, 0.3) is 0 Å². The molecule has 6 heteroatoms. The van der Waals surface area contributed by atoms with Crippen LogP contribution in [0, 0.1) is 11.8 Å². The number of hydrogen-bond donors (Lipinski definition) is 1. The van der Waals surface area contributed by atoms with Crippen LogP contribution < -0.4 is 5.32 Å². The molecule has 0 amide bonds. The van der Waals surface area contributed by atoms with Crippen LogP contribution in [0.2, 0.25) is 0 Å². The van der Waals surface area contributed by atoms with Crippen molar-refractivity contribution < 1.29 is 8.42 Å². The Morgan fingerprint density at radius 2 is 1.89 bits per heavy atom. The average Bonchev–Trinajstić information content (AvgIpc) is 2.84. The van der Waals surface area contributed by atoms with Crippen molar-refractivity contribution in [3.63, 3.8) is 0 Å². The molecular formula is C13H27N3O2S. The lowest BCUT2D eigenvalue weighted by molar-refractivity contribution is 0.246. The molecule has 19 heavy (non-hydrogen) atoms. The molecule has 5 nitrogen and oxygen atoms in total. The summed E-state index contributed by atoms with van der Waals surface area (Å²) in [7, 11) is -3.21. The summed E-state index contributed by atoms with van der Waals surface area (Å²) in [6, 6.07) is 0. The first-order chi connectivity index (χ1) is 9.04. The Kier molecular flexibility index (Phi) is 5.22. The molecule has 2 rings (SSSR count). The molecule has 0 radical (unpaired) electrons. The zero-order valence-corrected chi connectivity index (χ0v) is 13.0. The zero-order chi connectivity index (χ0) is 13.9. The minimum Gasteiger partial charge on any atom is -0.317 e. The van der Waals surface area contributed by atoms with Crippen molar-refractivity contribution in [2.45, 2.75) is 33.1 Å². The van der Waals surface area contributed by atoms with Crippen LogP contribution in [-0.2, 0) is 10.2 Å². The maximum absolute atomic E-state index is 12.6. The maximum Gasteiger partial charge on any atom is 0.281 e. The SMILES string of the molecule is CCNCC1CCCN(S(=O)(=O)N2CCC(C)C2)C1. The lowest BCUT2D eigenvalue weighted by atomic mass is 10.00. The van der Waals surface area contributed by atoms with Crippen LogP contribution in [0.4, 0.5) is 0 Å². The first-order valence-corrected chi connectivity index (χ1v) is 8.89. The summed E-state index contributed by atoms with van der Waals surface area (Å²) in [4.78, 5) is 0. The number of piperidine rings is 1. The van der Waals surface area contributed by atoms with Crippen molar-refractivity contribution in [2.24, 2.45) is 11.8 Å². The molecule has 2 heterocycles. The van der Waals surface area contributed by atoms with Gasteiger partial charge in [0.2, 0.25) is 0 Å². The molecule has 0 aliphatic carbocycles. The topological polar surface area (TPSA) is 52.7 Å². The van der Waals surface area contributed by atoms with Crippen molar-refractivity contribution in [1.29, 1.82) is 0 Å². The van der Waals surface area contributed by atoms with Gasteiger partial charge < -0.3 is 5.32 Å². The van der Waals surface area contributed by atoms with Gasteiger partial charge in [0.25, 0.3) is 10.2 Å². The summed E-state index contributed by atoms with van der Waals surface area (Å²) >= 11 is 0. The van der Waals surface area contributed by atoms with Crippen LogP contribution in [0.15, 0.2) is 0 Å². The highest BCUT2D eigenvalue weighted by molar-refractivity contribution is 7.86. The van der Waals surface area contributed by atoms with Gasteiger partial charge in [0.15, 0.2) is 0 Å². The van der Waals surface area contributed by atoms with E-state index in [2.05, 4.69) is 19.2 Å². The third-order valence-electron chi connectivity index (χ3n) is 4.20. The second-order valence-electron chi connectivity index (χ2n) is 5.93. The molecule has 2 fully saturated rings. The Bertz CT molecular complexity index is 385. The standard InChI is InChI=1S/C13H27N3O2S/c1-3-14-9-13-5-4-7-15(11-13)19(17,18)16-8-6-12(2)10-16/h12-14H,3-11H2,1-2H3. The first kappa shape index (κ1) is 15.2. The van der Waals surface area contributed by atoms with Crippen LogP contribution in [0.5, 0.6) is 0 Å². The second kappa shape index (κ2) is 6.52. The van der Waals surface area contributed by atoms with E-state index < -0.39 is 10.2 Å². The number of hydrogen-bond acceptors (Lipinski definition) is 3. The van der Waals surface area contributed by atoms with E-state index in [4.69, 9.17) is 0 Å². The van der Waals surface area contributed by atoms with E-state index in [1.54, 1.807) is 8.61 Å². The van der Waals surface area contributed by atoms with E-state index in [-0.39, 0.29) is 0 Å². The highest BCUT2D eigenvalue weighted by Crippen LogP contribution is 2.25. The molecule has 2 aliphatic heterocycles. The lowest BCUT2D eigenvalue weighted by Crippen LogP contribution is -2.48. The largest absolute Gasteiger partial charge is 0.317 e. The molecule has 2 atom stereocenters. The molecule has 0 bridgehead atoms. The van der Waals surface area contributed by atoms with Gasteiger partial charge in [-0.15, -0.1) is 0 Å². The number of rotatable bonds is 5. The summed E-state index contributed by atoms with van der Waals surface area (Å²) in [5, 5.41) is 3.33. The summed E-state index contributed by atoms with van der Waals surface area (Å²) in [6.07, 6.45) is 3.11. The molecule has 112 valence electrons. The summed E-state index contributed by atoms with van der Waals surface area (Å²) in [5.74, 6) is 0.959. The van der Waals surface area contributed by atoms with Crippen LogP contribution >= 0.6 is 0 Å². The van der Waals surface area contributed by atoms with Gasteiger partial charge in [-0.25, -0.2) is 0 Å². The zero-order valence-electron chi connectivity index (χ0n) is 12.1. The van der Waals surface area contributed by atoms with Gasteiger partial charge in [-0.1, -0.05) is 13.8 Å². The Morgan fingerprint density at radius 1 is 1.16 bits per heavy atom. The fourth-order valence-electron chi connectivity index (χ4n) is 3.02. The number of nitrogens with zero attached hydrogens (tertiary/aromatic N) is 2. The van der Waals surface area contributed by atoms with Gasteiger partial charge in [0.1, 0.15) is 0 Å². The molecule has 0 spiro atoms. The molecular weight excluding hydrogens is 262 g/mol. The van der Waals surface area contributed by atoms with Crippen LogP contribution in [-0.4, -0.2) is 56.3 Å². The summed E-state index contributed by atoms with van der Waals surface area (Å²) in [6.45, 7) is 8.85. The Hall–Kier alpha value is -0.170. The van der Waals surface area contributed by atoms with Gasteiger partial charge in [-0.2, -0.15) is 17.0 Å². The minimum atomic E-state index is -3.21. The fourth-order valence-corrected chi connectivity index (χ4v) is 4.88. The van der Waals surface area contributed by atoms with Crippen LogP contribution in [0.3, 0.4) is 0 Å². The van der Waals surface area contributed by atoms with Crippen molar-refractivity contribution in [3.8, 4) is 0 Å². The molecule has 2 saturated heterocycles. The molecule has 0 aromatic heterocycles. The maximum atomic E-state index is 12.6. The predicted molar refractivity (Wildman–Crippen MR) is 77.1 cm³/mol. The molecule has 0 aromatic rings. The molecule has 2 unspecified atom stereocenters. The summed E-state index contributed by atoms with van der Waals surface area (Å²) in [5.41, 5.74) is 0. The van der Waals surface area contributed by atoms with Gasteiger partial charge in [0.05, 0.1) is 0 Å². The van der Waals surface area contributed by atoms with E-state index in [1.165, 1.54) is 0 Å². The van der Waals surface area contributed by atoms with Gasteiger partial charge in [-0.05, 0) is 44.2 Å². The van der Waals surface area contributed by atoms with Gasteiger partial charge in [0, 0.05) is 26.2 Å². The van der Waals surface area contributed by atoms with Crippen LogP contribution in [0.1, 0.15) is 33.1 Å². The van der Waals surface area contributed by atoms with Gasteiger partial charge in [-0.3, -0.25) is 0 Å². The number of nitrogens with one attached hydrogen (secondary N) is 1. The van der Waals surface area contributed by atoms with E-state index >= 15 is 0 Å². The normalized spacial score (nSPS) is 30.8. The van der Waals surface area contributed by atoms with Crippen molar-refractivity contribution >= 4 is 10.2 Å². The minimum absolute atomic E-state index is 0.462. The monoisotopic (exact) mass is 289 g/mol. The quantitative estimate of drug-likeness (QED) is 0.818. The highest BCUT2D eigenvalue weighted by Gasteiger charge is 2.36. The Labute approximate surface area is 117 Å².